The number of ether oxygens (including phenoxy) is 3. The van der Waals surface area contributed by atoms with Crippen molar-refractivity contribution in [3.63, 3.8) is 0 Å². The van der Waals surface area contributed by atoms with E-state index in [1.54, 1.807) is 13.3 Å². The van der Waals surface area contributed by atoms with Crippen LogP contribution in [0.2, 0.25) is 0 Å². The Hall–Kier alpha value is -1.13. The van der Waals surface area contributed by atoms with E-state index >= 15 is 0 Å². The number of hydrogen-bond acceptors (Lipinski definition) is 4. The summed E-state index contributed by atoms with van der Waals surface area (Å²) in [5.41, 5.74) is 2.22. The molecule has 2 heterocycles. The van der Waals surface area contributed by atoms with Gasteiger partial charge in [-0.1, -0.05) is 13.8 Å². The summed E-state index contributed by atoms with van der Waals surface area (Å²) in [6.07, 6.45) is 5.37. The molecule has 1 aromatic rings. The summed E-state index contributed by atoms with van der Waals surface area (Å²) in [6.45, 7) is 5.33. The Kier molecular flexibility index (Phi) is 3.64. The smallest absolute Gasteiger partial charge is 0.197 e. The molecule has 1 fully saturated rings. The Balaban J connectivity index is 0.000000514. The number of hydrogen-bond donors (Lipinski definition) is 0. The van der Waals surface area contributed by atoms with Crippen molar-refractivity contribution in [1.82, 2.24) is 4.98 Å². The molecular formula is C13H19NO3. The lowest BCUT2D eigenvalue weighted by Gasteiger charge is -2.22. The minimum atomic E-state index is -0.531. The molecular weight excluding hydrogens is 218 g/mol. The van der Waals surface area contributed by atoms with Crippen LogP contribution < -0.4 is 4.74 Å². The van der Waals surface area contributed by atoms with Gasteiger partial charge in [-0.15, -0.1) is 0 Å². The zero-order chi connectivity index (χ0) is 12.3. The van der Waals surface area contributed by atoms with Crippen LogP contribution in [0.4, 0.5) is 0 Å². The third-order valence-electron chi connectivity index (χ3n) is 3.11. The van der Waals surface area contributed by atoms with E-state index in [0.29, 0.717) is 13.2 Å². The van der Waals surface area contributed by atoms with Gasteiger partial charge in [0, 0.05) is 23.7 Å². The molecule has 0 aromatic carbocycles. The molecule has 0 unspecified atom stereocenters. The fourth-order valence-corrected chi connectivity index (χ4v) is 2.41. The second-order valence-electron chi connectivity index (χ2n) is 3.82. The van der Waals surface area contributed by atoms with Gasteiger partial charge in [0.15, 0.2) is 5.79 Å². The van der Waals surface area contributed by atoms with Gasteiger partial charge < -0.3 is 14.2 Å². The van der Waals surface area contributed by atoms with E-state index in [1.165, 1.54) is 5.56 Å². The van der Waals surface area contributed by atoms with E-state index in [1.807, 2.05) is 20.0 Å². The Morgan fingerprint density at radius 2 is 1.94 bits per heavy atom. The zero-order valence-corrected chi connectivity index (χ0v) is 10.7. The molecule has 1 saturated heterocycles. The van der Waals surface area contributed by atoms with Gasteiger partial charge >= 0.3 is 0 Å². The van der Waals surface area contributed by atoms with Crippen LogP contribution in [-0.2, 0) is 21.7 Å². The lowest BCUT2D eigenvalue weighted by Crippen LogP contribution is -2.23. The predicted octanol–water partition coefficient (Wildman–Crippen LogP) is 2.26. The van der Waals surface area contributed by atoms with Crippen molar-refractivity contribution in [3.05, 3.63) is 23.5 Å². The van der Waals surface area contributed by atoms with Gasteiger partial charge in [-0.05, 0) is 6.42 Å². The molecule has 1 aliphatic carbocycles. The van der Waals surface area contributed by atoms with Crippen LogP contribution >= 0.6 is 0 Å². The van der Waals surface area contributed by atoms with Crippen molar-refractivity contribution >= 4 is 0 Å². The molecule has 3 rings (SSSR count). The van der Waals surface area contributed by atoms with Crippen LogP contribution in [0, 0.1) is 0 Å². The molecule has 0 N–H and O–H groups in total. The summed E-state index contributed by atoms with van der Waals surface area (Å²) in [6, 6.07) is 0. The highest BCUT2D eigenvalue weighted by molar-refractivity contribution is 5.43. The fourth-order valence-electron chi connectivity index (χ4n) is 2.41. The molecule has 4 nitrogen and oxygen atoms in total. The van der Waals surface area contributed by atoms with E-state index < -0.39 is 5.79 Å². The standard InChI is InChI=1S/C11H13NO3.C2H6/c1-13-10-7-12-6-9-8(10)2-3-11(9)14-4-5-15-11;1-2/h6-7H,2-5H2,1H3;1-2H3. The quantitative estimate of drug-likeness (QED) is 0.751. The summed E-state index contributed by atoms with van der Waals surface area (Å²) < 4.78 is 16.7. The second-order valence-corrected chi connectivity index (χ2v) is 3.82. The second kappa shape index (κ2) is 5.02. The van der Waals surface area contributed by atoms with E-state index in [9.17, 15) is 0 Å². The molecule has 17 heavy (non-hydrogen) atoms. The number of aromatic nitrogens is 1. The Morgan fingerprint density at radius 3 is 2.59 bits per heavy atom. The first-order chi connectivity index (χ1) is 8.36. The SMILES string of the molecule is CC.COc1cncc2c1CCC21OCCO1. The van der Waals surface area contributed by atoms with E-state index in [0.717, 1.165) is 24.2 Å². The van der Waals surface area contributed by atoms with Gasteiger partial charge in [-0.2, -0.15) is 0 Å². The first-order valence-electron chi connectivity index (χ1n) is 6.15. The number of nitrogens with zero attached hydrogens (tertiary/aromatic N) is 1. The summed E-state index contributed by atoms with van der Waals surface area (Å²) >= 11 is 0. The van der Waals surface area contributed by atoms with Crippen LogP contribution in [0.5, 0.6) is 5.75 Å². The van der Waals surface area contributed by atoms with Gasteiger partial charge in [0.05, 0.1) is 26.5 Å². The Labute approximate surface area is 102 Å². The first-order valence-corrected chi connectivity index (χ1v) is 6.15. The molecule has 2 aliphatic rings. The van der Waals surface area contributed by atoms with Crippen molar-refractivity contribution in [2.45, 2.75) is 32.5 Å². The molecule has 0 radical (unpaired) electrons. The molecule has 1 spiro atoms. The third-order valence-corrected chi connectivity index (χ3v) is 3.11. The molecule has 0 atom stereocenters. The maximum atomic E-state index is 5.71. The van der Waals surface area contributed by atoms with Crippen molar-refractivity contribution in [3.8, 4) is 5.75 Å². The van der Waals surface area contributed by atoms with E-state index in [4.69, 9.17) is 14.2 Å². The number of methoxy groups -OCH3 is 1. The molecule has 0 amide bonds. The van der Waals surface area contributed by atoms with Crippen LogP contribution in [0.25, 0.3) is 0 Å². The number of fused-ring (bicyclic) bond motifs is 2. The maximum Gasteiger partial charge on any atom is 0.197 e. The Morgan fingerprint density at radius 1 is 1.24 bits per heavy atom. The minimum absolute atomic E-state index is 0.531. The summed E-state index contributed by atoms with van der Waals surface area (Å²) in [4.78, 5) is 4.16. The predicted molar refractivity (Wildman–Crippen MR) is 64.0 cm³/mol. The van der Waals surface area contributed by atoms with Crippen molar-refractivity contribution in [2.75, 3.05) is 20.3 Å². The van der Waals surface area contributed by atoms with Crippen LogP contribution in [-0.4, -0.2) is 25.3 Å². The molecule has 0 bridgehead atoms. The van der Waals surface area contributed by atoms with Crippen LogP contribution in [0.3, 0.4) is 0 Å². The van der Waals surface area contributed by atoms with Gasteiger partial charge in [-0.25, -0.2) is 0 Å². The van der Waals surface area contributed by atoms with Crippen LogP contribution in [0.1, 0.15) is 31.4 Å². The zero-order valence-electron chi connectivity index (χ0n) is 10.7. The highest BCUT2D eigenvalue weighted by Gasteiger charge is 2.45. The number of pyridine rings is 1. The van der Waals surface area contributed by atoms with Gasteiger partial charge in [-0.3, -0.25) is 4.98 Å². The average molecular weight is 237 g/mol. The Bertz CT molecular complexity index is 386. The summed E-state index contributed by atoms with van der Waals surface area (Å²) in [5, 5.41) is 0. The van der Waals surface area contributed by atoms with Crippen LogP contribution in [0.15, 0.2) is 12.4 Å². The highest BCUT2D eigenvalue weighted by Crippen LogP contribution is 2.45. The maximum absolute atomic E-state index is 5.71. The third kappa shape index (κ3) is 1.91. The topological polar surface area (TPSA) is 40.6 Å². The lowest BCUT2D eigenvalue weighted by atomic mass is 10.1. The minimum Gasteiger partial charge on any atom is -0.495 e. The average Bonchev–Trinajstić information content (AvgIpc) is 3.01. The molecule has 1 aromatic heterocycles. The normalized spacial score (nSPS) is 19.7. The van der Waals surface area contributed by atoms with Gasteiger partial charge in [0.25, 0.3) is 0 Å². The monoisotopic (exact) mass is 237 g/mol. The van der Waals surface area contributed by atoms with E-state index in [-0.39, 0.29) is 0 Å². The molecule has 0 saturated carbocycles. The lowest BCUT2D eigenvalue weighted by molar-refractivity contribution is -0.163. The van der Waals surface area contributed by atoms with Crippen molar-refractivity contribution in [2.24, 2.45) is 0 Å². The number of rotatable bonds is 1. The van der Waals surface area contributed by atoms with Crippen molar-refractivity contribution in [1.29, 1.82) is 0 Å². The first kappa shape index (κ1) is 12.3. The molecule has 1 aliphatic heterocycles. The highest BCUT2D eigenvalue weighted by atomic mass is 16.7. The summed E-state index contributed by atoms with van der Waals surface area (Å²) in [7, 11) is 1.67. The van der Waals surface area contributed by atoms with Crippen molar-refractivity contribution < 1.29 is 14.2 Å². The molecule has 94 valence electrons. The van der Waals surface area contributed by atoms with Gasteiger partial charge in [0.1, 0.15) is 5.75 Å². The van der Waals surface area contributed by atoms with E-state index in [2.05, 4.69) is 4.98 Å². The summed E-state index contributed by atoms with van der Waals surface area (Å²) in [5.74, 6) is 0.306. The fraction of sp³-hybridized carbons (Fsp3) is 0.615. The largest absolute Gasteiger partial charge is 0.495 e. The van der Waals surface area contributed by atoms with Gasteiger partial charge in [0.2, 0.25) is 0 Å². The molecule has 4 heteroatoms.